The lowest BCUT2D eigenvalue weighted by molar-refractivity contribution is 0.445. The van der Waals surface area contributed by atoms with Crippen LogP contribution in [0.25, 0.3) is 11.4 Å². The Morgan fingerprint density at radius 1 is 1.09 bits per heavy atom. The second kappa shape index (κ2) is 11.0. The Bertz CT molecular complexity index is 1220. The fourth-order valence-corrected chi connectivity index (χ4v) is 5.88. The van der Waals surface area contributed by atoms with Gasteiger partial charge in [-0.15, -0.1) is 10.2 Å². The minimum absolute atomic E-state index is 0.259. The second-order valence-electron chi connectivity index (χ2n) is 8.03. The van der Waals surface area contributed by atoms with Crippen molar-refractivity contribution < 1.29 is 8.42 Å². The minimum Gasteiger partial charge on any atom is -0.302 e. The molecule has 1 aromatic heterocycles. The van der Waals surface area contributed by atoms with Gasteiger partial charge in [0.1, 0.15) is 0 Å². The van der Waals surface area contributed by atoms with E-state index in [9.17, 15) is 8.42 Å². The molecule has 0 bridgehead atoms. The summed E-state index contributed by atoms with van der Waals surface area (Å²) >= 11 is 1.57. The largest absolute Gasteiger partial charge is 0.302 e. The molecule has 0 N–H and O–H groups in total. The number of hydrogen-bond acceptors (Lipinski definition) is 6. The standard InChI is InChI=1S/C24H29N5O2S2/c1-5-28(6-2)33(30,31)22-9-7-8-21(14-22)23-26-27-24(29(23)16-18(3)4)32-17-20-12-10-19(15-25)11-13-20/h7-14,18H,5-6,16-17H2,1-4H3. The summed E-state index contributed by atoms with van der Waals surface area (Å²) in [6.45, 7) is 9.47. The summed E-state index contributed by atoms with van der Waals surface area (Å²) < 4.78 is 29.5. The van der Waals surface area contributed by atoms with Gasteiger partial charge in [-0.1, -0.05) is 63.7 Å². The third kappa shape index (κ3) is 5.82. The zero-order valence-corrected chi connectivity index (χ0v) is 21.0. The number of aromatic nitrogens is 3. The van der Waals surface area contributed by atoms with E-state index in [1.54, 1.807) is 30.0 Å². The Labute approximate surface area is 200 Å². The van der Waals surface area contributed by atoms with Crippen molar-refractivity contribution in [2.75, 3.05) is 13.1 Å². The van der Waals surface area contributed by atoms with Crippen molar-refractivity contribution >= 4 is 21.8 Å². The van der Waals surface area contributed by atoms with Crippen LogP contribution in [-0.4, -0.2) is 40.6 Å². The molecule has 0 atom stereocenters. The molecule has 0 radical (unpaired) electrons. The molecule has 0 saturated heterocycles. The van der Waals surface area contributed by atoms with Gasteiger partial charge in [-0.05, 0) is 35.7 Å². The Hall–Kier alpha value is -2.67. The molecule has 0 amide bonds. The molecule has 0 saturated carbocycles. The van der Waals surface area contributed by atoms with E-state index in [0.717, 1.165) is 16.3 Å². The van der Waals surface area contributed by atoms with Crippen molar-refractivity contribution in [3.05, 3.63) is 59.7 Å². The highest BCUT2D eigenvalue weighted by atomic mass is 32.2. The van der Waals surface area contributed by atoms with Crippen LogP contribution in [0.3, 0.4) is 0 Å². The highest BCUT2D eigenvalue weighted by molar-refractivity contribution is 7.98. The molecule has 3 aromatic rings. The average Bonchev–Trinajstić information content (AvgIpc) is 3.20. The summed E-state index contributed by atoms with van der Waals surface area (Å²) in [4.78, 5) is 0.259. The van der Waals surface area contributed by atoms with Gasteiger partial charge in [0.25, 0.3) is 0 Å². The maximum Gasteiger partial charge on any atom is 0.243 e. The van der Waals surface area contributed by atoms with Crippen molar-refractivity contribution in [3.8, 4) is 17.5 Å². The first-order valence-corrected chi connectivity index (χ1v) is 13.4. The van der Waals surface area contributed by atoms with Gasteiger partial charge in [0.05, 0.1) is 16.5 Å². The topological polar surface area (TPSA) is 91.9 Å². The van der Waals surface area contributed by atoms with Crippen LogP contribution in [0.1, 0.15) is 38.8 Å². The van der Waals surface area contributed by atoms with E-state index in [1.165, 1.54) is 4.31 Å². The van der Waals surface area contributed by atoms with E-state index in [2.05, 4.69) is 34.7 Å². The first-order valence-electron chi connectivity index (χ1n) is 11.0. The van der Waals surface area contributed by atoms with Crippen molar-refractivity contribution in [1.29, 1.82) is 5.26 Å². The highest BCUT2D eigenvalue weighted by Gasteiger charge is 2.23. The van der Waals surface area contributed by atoms with Gasteiger partial charge < -0.3 is 4.57 Å². The van der Waals surface area contributed by atoms with Crippen LogP contribution in [0.5, 0.6) is 0 Å². The normalized spacial score (nSPS) is 11.8. The van der Waals surface area contributed by atoms with Crippen LogP contribution in [0.4, 0.5) is 0 Å². The van der Waals surface area contributed by atoms with Gasteiger partial charge in [0.2, 0.25) is 10.0 Å². The van der Waals surface area contributed by atoms with Gasteiger partial charge >= 0.3 is 0 Å². The molecule has 0 fully saturated rings. The van der Waals surface area contributed by atoms with E-state index in [4.69, 9.17) is 5.26 Å². The molecule has 3 rings (SSSR count). The molecular formula is C24H29N5O2S2. The molecule has 174 valence electrons. The molecule has 0 unspecified atom stereocenters. The molecule has 0 aliphatic rings. The van der Waals surface area contributed by atoms with Crippen molar-refractivity contribution in [2.24, 2.45) is 5.92 Å². The van der Waals surface area contributed by atoms with Gasteiger partial charge in [0, 0.05) is 31.0 Å². The molecule has 1 heterocycles. The lowest BCUT2D eigenvalue weighted by atomic mass is 10.2. The number of rotatable bonds is 10. The Balaban J connectivity index is 1.93. The maximum absolute atomic E-state index is 13.0. The predicted octanol–water partition coefficient (Wildman–Crippen LogP) is 4.80. The fourth-order valence-electron chi connectivity index (χ4n) is 3.47. The van der Waals surface area contributed by atoms with Gasteiger partial charge in [-0.2, -0.15) is 9.57 Å². The number of benzene rings is 2. The quantitative estimate of drug-likeness (QED) is 0.385. The monoisotopic (exact) mass is 483 g/mol. The maximum atomic E-state index is 13.0. The number of sulfonamides is 1. The summed E-state index contributed by atoms with van der Waals surface area (Å²) in [6.07, 6.45) is 0. The first-order chi connectivity index (χ1) is 15.8. The van der Waals surface area contributed by atoms with Crippen molar-refractivity contribution in [3.63, 3.8) is 0 Å². The van der Waals surface area contributed by atoms with E-state index < -0.39 is 10.0 Å². The van der Waals surface area contributed by atoms with Crippen molar-refractivity contribution in [1.82, 2.24) is 19.1 Å². The minimum atomic E-state index is -3.57. The zero-order chi connectivity index (χ0) is 24.0. The third-order valence-electron chi connectivity index (χ3n) is 5.15. The molecule has 0 aliphatic carbocycles. The SMILES string of the molecule is CCN(CC)S(=O)(=O)c1cccc(-c2nnc(SCc3ccc(C#N)cc3)n2CC(C)C)c1. The number of hydrogen-bond donors (Lipinski definition) is 0. The highest BCUT2D eigenvalue weighted by Crippen LogP contribution is 2.29. The molecule has 9 heteroatoms. The Kier molecular flexibility index (Phi) is 8.30. The summed E-state index contributed by atoms with van der Waals surface area (Å²) in [7, 11) is -3.57. The van der Waals surface area contributed by atoms with E-state index in [-0.39, 0.29) is 4.90 Å². The van der Waals surface area contributed by atoms with Gasteiger partial charge in [0.15, 0.2) is 11.0 Å². The zero-order valence-electron chi connectivity index (χ0n) is 19.4. The summed E-state index contributed by atoms with van der Waals surface area (Å²) in [5, 5.41) is 18.6. The van der Waals surface area contributed by atoms with Crippen LogP contribution in [0.2, 0.25) is 0 Å². The Morgan fingerprint density at radius 2 is 1.79 bits per heavy atom. The molecular weight excluding hydrogens is 454 g/mol. The third-order valence-corrected chi connectivity index (χ3v) is 8.23. The lowest BCUT2D eigenvalue weighted by Gasteiger charge is -2.19. The van der Waals surface area contributed by atoms with E-state index in [1.807, 2.05) is 44.2 Å². The number of thioether (sulfide) groups is 1. The lowest BCUT2D eigenvalue weighted by Crippen LogP contribution is -2.30. The molecule has 2 aromatic carbocycles. The number of nitrogens with zero attached hydrogens (tertiary/aromatic N) is 5. The van der Waals surface area contributed by atoms with Crippen LogP contribution in [0, 0.1) is 17.2 Å². The summed E-state index contributed by atoms with van der Waals surface area (Å²) in [5.41, 5.74) is 2.45. The average molecular weight is 484 g/mol. The van der Waals surface area contributed by atoms with Crippen LogP contribution in [0.15, 0.2) is 58.6 Å². The molecule has 0 aliphatic heterocycles. The summed E-state index contributed by atoms with van der Waals surface area (Å²) in [5.74, 6) is 1.71. The van der Waals surface area contributed by atoms with Crippen LogP contribution < -0.4 is 0 Å². The van der Waals surface area contributed by atoms with Gasteiger partial charge in [-0.3, -0.25) is 0 Å². The molecule has 0 spiro atoms. The van der Waals surface area contributed by atoms with Crippen LogP contribution >= 0.6 is 11.8 Å². The van der Waals surface area contributed by atoms with Crippen molar-refractivity contribution in [2.45, 2.75) is 50.0 Å². The second-order valence-corrected chi connectivity index (χ2v) is 10.9. The van der Waals surface area contributed by atoms with E-state index >= 15 is 0 Å². The predicted molar refractivity (Wildman–Crippen MR) is 131 cm³/mol. The molecule has 7 nitrogen and oxygen atoms in total. The van der Waals surface area contributed by atoms with E-state index in [0.29, 0.717) is 42.7 Å². The smallest absolute Gasteiger partial charge is 0.243 e. The summed E-state index contributed by atoms with van der Waals surface area (Å²) in [6, 6.07) is 16.6. The fraction of sp³-hybridized carbons (Fsp3) is 0.375. The van der Waals surface area contributed by atoms with Gasteiger partial charge in [-0.25, -0.2) is 8.42 Å². The Morgan fingerprint density at radius 3 is 2.39 bits per heavy atom. The number of nitriles is 1. The first kappa shape index (κ1) is 25.0. The van der Waals surface area contributed by atoms with Crippen LogP contribution in [-0.2, 0) is 22.3 Å². The molecule has 33 heavy (non-hydrogen) atoms.